The molecule has 3 heteroatoms. The van der Waals surface area contributed by atoms with Crippen molar-refractivity contribution in [1.29, 1.82) is 0 Å². The third kappa shape index (κ3) is 3.62. The first-order chi connectivity index (χ1) is 14.8. The molecule has 0 saturated heterocycles. The molecule has 0 bridgehead atoms. The van der Waals surface area contributed by atoms with E-state index in [4.69, 9.17) is 4.98 Å². The van der Waals surface area contributed by atoms with Crippen molar-refractivity contribution in [2.45, 2.75) is 19.4 Å². The number of aryl methyl sites for hydroxylation is 2. The van der Waals surface area contributed by atoms with Gasteiger partial charge in [0.1, 0.15) is 0 Å². The van der Waals surface area contributed by atoms with Crippen molar-refractivity contribution in [3.63, 3.8) is 0 Å². The lowest BCUT2D eigenvalue weighted by Crippen LogP contribution is -2.01. The summed E-state index contributed by atoms with van der Waals surface area (Å²) in [6, 6.07) is 29.1. The number of nitrogens with zero attached hydrogens (tertiary/aromatic N) is 2. The Labute approximate surface area is 175 Å². The molecule has 2 aromatic heterocycles. The van der Waals surface area contributed by atoms with Gasteiger partial charge in [0, 0.05) is 34.8 Å². The van der Waals surface area contributed by atoms with Crippen molar-refractivity contribution in [3.05, 3.63) is 114 Å². The third-order valence-electron chi connectivity index (χ3n) is 5.62. The zero-order valence-corrected chi connectivity index (χ0v) is 16.7. The van der Waals surface area contributed by atoms with Crippen LogP contribution in [-0.2, 0) is 19.4 Å². The van der Waals surface area contributed by atoms with Crippen LogP contribution in [0.1, 0.15) is 27.2 Å². The summed E-state index contributed by atoms with van der Waals surface area (Å²) in [5.41, 5.74) is 6.43. The zero-order chi connectivity index (χ0) is 20.3. The SMILES string of the molecule is O=Cc1cccc2ccn(Cc3cccc(CCc4ccc5ccccc5n4)c3)c12. The Kier molecular flexibility index (Phi) is 4.86. The van der Waals surface area contributed by atoms with Gasteiger partial charge < -0.3 is 4.57 Å². The van der Waals surface area contributed by atoms with Crippen LogP contribution in [0.4, 0.5) is 0 Å². The minimum Gasteiger partial charge on any atom is -0.342 e. The van der Waals surface area contributed by atoms with Crippen LogP contribution in [0.3, 0.4) is 0 Å². The molecule has 0 amide bonds. The fourth-order valence-corrected chi connectivity index (χ4v) is 4.12. The molecule has 0 unspecified atom stereocenters. The minimum atomic E-state index is 0.732. The van der Waals surface area contributed by atoms with Gasteiger partial charge in [0.15, 0.2) is 6.29 Å². The van der Waals surface area contributed by atoms with E-state index in [0.717, 1.165) is 53.3 Å². The van der Waals surface area contributed by atoms with E-state index >= 15 is 0 Å². The Morgan fingerprint density at radius 2 is 1.60 bits per heavy atom. The van der Waals surface area contributed by atoms with Crippen LogP contribution in [0.5, 0.6) is 0 Å². The fraction of sp³-hybridized carbons (Fsp3) is 0.111. The molecule has 0 fully saturated rings. The van der Waals surface area contributed by atoms with E-state index in [1.165, 1.54) is 16.5 Å². The third-order valence-corrected chi connectivity index (χ3v) is 5.62. The topological polar surface area (TPSA) is 34.9 Å². The van der Waals surface area contributed by atoms with E-state index in [0.29, 0.717) is 0 Å². The van der Waals surface area contributed by atoms with Crippen LogP contribution in [0.25, 0.3) is 21.8 Å². The van der Waals surface area contributed by atoms with Crippen molar-refractivity contribution in [3.8, 4) is 0 Å². The summed E-state index contributed by atoms with van der Waals surface area (Å²) in [5, 5.41) is 2.27. The Bertz CT molecular complexity index is 1350. The van der Waals surface area contributed by atoms with Crippen LogP contribution in [0.15, 0.2) is 91.1 Å². The van der Waals surface area contributed by atoms with Crippen molar-refractivity contribution in [2.75, 3.05) is 0 Å². The quantitative estimate of drug-likeness (QED) is 0.342. The summed E-state index contributed by atoms with van der Waals surface area (Å²) in [5.74, 6) is 0. The number of benzene rings is 3. The highest BCUT2D eigenvalue weighted by molar-refractivity contribution is 5.96. The average Bonchev–Trinajstić information content (AvgIpc) is 3.21. The number of pyridine rings is 1. The van der Waals surface area contributed by atoms with Gasteiger partial charge in [-0.15, -0.1) is 0 Å². The maximum absolute atomic E-state index is 11.5. The van der Waals surface area contributed by atoms with Gasteiger partial charge in [-0.05, 0) is 48.2 Å². The van der Waals surface area contributed by atoms with Gasteiger partial charge in [-0.1, -0.05) is 60.7 Å². The predicted octanol–water partition coefficient (Wildman–Crippen LogP) is 5.84. The molecule has 0 aliphatic rings. The summed E-state index contributed by atoms with van der Waals surface area (Å²) >= 11 is 0. The summed E-state index contributed by atoms with van der Waals surface area (Å²) in [6.07, 6.45) is 4.86. The molecule has 0 spiro atoms. The largest absolute Gasteiger partial charge is 0.342 e. The van der Waals surface area contributed by atoms with E-state index in [9.17, 15) is 4.79 Å². The number of carbonyl (C=O) groups is 1. The Hall–Kier alpha value is -3.72. The molecule has 5 aromatic rings. The molecule has 0 saturated carbocycles. The first kappa shape index (κ1) is 18.3. The second-order valence-corrected chi connectivity index (χ2v) is 7.66. The van der Waals surface area contributed by atoms with Gasteiger partial charge in [0.25, 0.3) is 0 Å². The molecule has 0 aliphatic heterocycles. The first-order valence-electron chi connectivity index (χ1n) is 10.3. The Morgan fingerprint density at radius 3 is 2.53 bits per heavy atom. The number of rotatable bonds is 6. The fourth-order valence-electron chi connectivity index (χ4n) is 4.12. The van der Waals surface area contributed by atoms with E-state index in [-0.39, 0.29) is 0 Å². The van der Waals surface area contributed by atoms with Crippen molar-refractivity contribution in [2.24, 2.45) is 0 Å². The Morgan fingerprint density at radius 1 is 0.767 bits per heavy atom. The van der Waals surface area contributed by atoms with E-state index in [1.807, 2.05) is 30.3 Å². The Balaban J connectivity index is 1.35. The average molecular weight is 390 g/mol. The van der Waals surface area contributed by atoms with Crippen LogP contribution >= 0.6 is 0 Å². The summed E-state index contributed by atoms with van der Waals surface area (Å²) in [4.78, 5) is 16.2. The molecule has 3 aromatic carbocycles. The molecule has 0 N–H and O–H groups in total. The number of fused-ring (bicyclic) bond motifs is 2. The molecular weight excluding hydrogens is 368 g/mol. The molecule has 30 heavy (non-hydrogen) atoms. The molecule has 2 heterocycles. The molecular formula is C27H22N2O. The second kappa shape index (κ2) is 7.96. The first-order valence-corrected chi connectivity index (χ1v) is 10.3. The van der Waals surface area contributed by atoms with Gasteiger partial charge in [-0.3, -0.25) is 9.78 Å². The van der Waals surface area contributed by atoms with Gasteiger partial charge in [0.05, 0.1) is 11.0 Å². The molecule has 0 radical (unpaired) electrons. The highest BCUT2D eigenvalue weighted by Crippen LogP contribution is 2.21. The number of para-hydroxylation sites is 2. The van der Waals surface area contributed by atoms with Crippen molar-refractivity contribution in [1.82, 2.24) is 9.55 Å². The van der Waals surface area contributed by atoms with Crippen LogP contribution in [0, 0.1) is 0 Å². The van der Waals surface area contributed by atoms with E-state index in [1.54, 1.807) is 0 Å². The monoisotopic (exact) mass is 390 g/mol. The van der Waals surface area contributed by atoms with Crippen molar-refractivity contribution >= 4 is 28.1 Å². The highest BCUT2D eigenvalue weighted by Gasteiger charge is 2.07. The lowest BCUT2D eigenvalue weighted by molar-refractivity contribution is 0.112. The van der Waals surface area contributed by atoms with Crippen LogP contribution in [-0.4, -0.2) is 15.8 Å². The number of carbonyl (C=O) groups excluding carboxylic acids is 1. The second-order valence-electron chi connectivity index (χ2n) is 7.66. The number of hydrogen-bond acceptors (Lipinski definition) is 2. The minimum absolute atomic E-state index is 0.732. The van der Waals surface area contributed by atoms with E-state index in [2.05, 4.69) is 65.4 Å². The molecule has 0 atom stereocenters. The number of aldehydes is 1. The standard InChI is InChI=1S/C27H22N2O/c30-19-24-9-4-8-23-15-16-29(27(23)24)18-21-6-3-5-20(17-21)11-13-25-14-12-22-7-1-2-10-26(22)28-25/h1-10,12,14-17,19H,11,13,18H2. The van der Waals surface area contributed by atoms with E-state index < -0.39 is 0 Å². The predicted molar refractivity (Wildman–Crippen MR) is 122 cm³/mol. The molecule has 146 valence electrons. The number of aromatic nitrogens is 2. The normalized spacial score (nSPS) is 11.2. The maximum atomic E-state index is 11.5. The number of hydrogen-bond donors (Lipinski definition) is 0. The highest BCUT2D eigenvalue weighted by atomic mass is 16.1. The molecule has 3 nitrogen and oxygen atoms in total. The molecule has 5 rings (SSSR count). The van der Waals surface area contributed by atoms with Gasteiger partial charge in [-0.2, -0.15) is 0 Å². The van der Waals surface area contributed by atoms with Gasteiger partial charge in [0.2, 0.25) is 0 Å². The van der Waals surface area contributed by atoms with Crippen molar-refractivity contribution < 1.29 is 4.79 Å². The summed E-state index contributed by atoms with van der Waals surface area (Å²) in [6.45, 7) is 0.746. The zero-order valence-electron chi connectivity index (χ0n) is 16.7. The molecule has 0 aliphatic carbocycles. The lowest BCUT2D eigenvalue weighted by Gasteiger charge is -2.09. The van der Waals surface area contributed by atoms with Gasteiger partial charge in [-0.25, -0.2) is 0 Å². The van der Waals surface area contributed by atoms with Gasteiger partial charge >= 0.3 is 0 Å². The maximum Gasteiger partial charge on any atom is 0.152 e. The smallest absolute Gasteiger partial charge is 0.152 e. The van der Waals surface area contributed by atoms with Crippen LogP contribution in [0.2, 0.25) is 0 Å². The van der Waals surface area contributed by atoms with Crippen LogP contribution < -0.4 is 0 Å². The lowest BCUT2D eigenvalue weighted by atomic mass is 10.0. The summed E-state index contributed by atoms with van der Waals surface area (Å²) < 4.78 is 2.16. The summed E-state index contributed by atoms with van der Waals surface area (Å²) in [7, 11) is 0.